The fourth-order valence-electron chi connectivity index (χ4n) is 2.45. The van der Waals surface area contributed by atoms with Crippen molar-refractivity contribution in [3.05, 3.63) is 18.0 Å². The van der Waals surface area contributed by atoms with Gasteiger partial charge >= 0.3 is 0 Å². The zero-order valence-electron chi connectivity index (χ0n) is 11.3. The summed E-state index contributed by atoms with van der Waals surface area (Å²) in [6.45, 7) is 5.91. The molecule has 0 spiro atoms. The van der Waals surface area contributed by atoms with Crippen LogP contribution in [0.5, 0.6) is 0 Å². The number of anilines is 1. The van der Waals surface area contributed by atoms with Gasteiger partial charge < -0.3 is 16.4 Å². The highest BCUT2D eigenvalue weighted by Crippen LogP contribution is 2.27. The van der Waals surface area contributed by atoms with E-state index in [-0.39, 0.29) is 0 Å². The largest absolute Gasteiger partial charge is 0.341 e. The number of piperidine rings is 1. The Labute approximate surface area is 109 Å². The van der Waals surface area contributed by atoms with Crippen LogP contribution in [0.4, 0.5) is 5.95 Å². The van der Waals surface area contributed by atoms with Crippen molar-refractivity contribution in [1.82, 2.24) is 9.97 Å². The number of rotatable bonds is 3. The Hall–Kier alpha value is -1.20. The van der Waals surface area contributed by atoms with E-state index in [0.717, 1.165) is 43.9 Å². The molecule has 0 unspecified atom stereocenters. The van der Waals surface area contributed by atoms with Crippen molar-refractivity contribution in [3.63, 3.8) is 0 Å². The summed E-state index contributed by atoms with van der Waals surface area (Å²) in [5.41, 5.74) is 12.8. The minimum atomic E-state index is -0.528. The van der Waals surface area contributed by atoms with Crippen molar-refractivity contribution < 1.29 is 0 Å². The molecule has 4 N–H and O–H groups in total. The van der Waals surface area contributed by atoms with E-state index >= 15 is 0 Å². The maximum Gasteiger partial charge on any atom is 0.225 e. The highest BCUT2D eigenvalue weighted by Gasteiger charge is 2.32. The first-order chi connectivity index (χ1) is 8.53. The van der Waals surface area contributed by atoms with Gasteiger partial charge in [-0.1, -0.05) is 6.92 Å². The summed E-state index contributed by atoms with van der Waals surface area (Å²) in [5.74, 6) is 1.21. The van der Waals surface area contributed by atoms with E-state index in [1.54, 1.807) is 0 Å². The standard InChI is InChI=1S/C13H23N5/c1-3-13(14,15)11-4-6-18(7-5-11)12-16-8-10(2)9-17-12/h8-9,11H,3-7,14-15H2,1-2H3. The molecule has 2 rings (SSSR count). The quantitative estimate of drug-likeness (QED) is 0.782. The molecule has 0 atom stereocenters. The van der Waals surface area contributed by atoms with Gasteiger partial charge in [0.05, 0.1) is 5.66 Å². The Morgan fingerprint density at radius 3 is 2.33 bits per heavy atom. The van der Waals surface area contributed by atoms with Crippen LogP contribution in [0.15, 0.2) is 12.4 Å². The fourth-order valence-corrected chi connectivity index (χ4v) is 2.45. The molecule has 0 aromatic carbocycles. The Kier molecular flexibility index (Phi) is 3.82. The minimum Gasteiger partial charge on any atom is -0.341 e. The maximum absolute atomic E-state index is 6.12. The minimum absolute atomic E-state index is 0.393. The highest BCUT2D eigenvalue weighted by atomic mass is 15.2. The molecule has 5 nitrogen and oxygen atoms in total. The third-order valence-corrected chi connectivity index (χ3v) is 3.92. The van der Waals surface area contributed by atoms with Crippen LogP contribution in [0.2, 0.25) is 0 Å². The molecule has 0 aliphatic carbocycles. The van der Waals surface area contributed by atoms with Crippen molar-refractivity contribution >= 4 is 5.95 Å². The van der Waals surface area contributed by atoms with Crippen LogP contribution in [-0.2, 0) is 0 Å². The first-order valence-corrected chi connectivity index (χ1v) is 6.64. The first kappa shape index (κ1) is 13.2. The van der Waals surface area contributed by atoms with Gasteiger partial charge in [-0.25, -0.2) is 9.97 Å². The van der Waals surface area contributed by atoms with Crippen LogP contribution in [0.3, 0.4) is 0 Å². The van der Waals surface area contributed by atoms with Crippen LogP contribution < -0.4 is 16.4 Å². The van der Waals surface area contributed by atoms with Crippen molar-refractivity contribution in [2.24, 2.45) is 17.4 Å². The third kappa shape index (κ3) is 2.79. The number of aromatic nitrogens is 2. The highest BCUT2D eigenvalue weighted by molar-refractivity contribution is 5.30. The second-order valence-electron chi connectivity index (χ2n) is 5.29. The van der Waals surface area contributed by atoms with E-state index in [1.165, 1.54) is 0 Å². The van der Waals surface area contributed by atoms with Crippen LogP contribution >= 0.6 is 0 Å². The number of nitrogens with two attached hydrogens (primary N) is 2. The SMILES string of the molecule is CCC(N)(N)C1CCN(c2ncc(C)cn2)CC1. The average molecular weight is 249 g/mol. The van der Waals surface area contributed by atoms with Crippen molar-refractivity contribution in [2.75, 3.05) is 18.0 Å². The van der Waals surface area contributed by atoms with Gasteiger partial charge in [-0.15, -0.1) is 0 Å². The lowest BCUT2D eigenvalue weighted by molar-refractivity contribution is 0.224. The molecule has 1 aliphatic heterocycles. The lowest BCUT2D eigenvalue weighted by Crippen LogP contribution is -2.57. The number of hydrogen-bond donors (Lipinski definition) is 2. The molecule has 5 heteroatoms. The second-order valence-corrected chi connectivity index (χ2v) is 5.29. The van der Waals surface area contributed by atoms with E-state index < -0.39 is 5.66 Å². The van der Waals surface area contributed by atoms with Crippen LogP contribution in [0.25, 0.3) is 0 Å². The number of nitrogens with zero attached hydrogens (tertiary/aromatic N) is 3. The molecule has 0 saturated carbocycles. The molecule has 0 amide bonds. The normalized spacial score (nSPS) is 18.1. The van der Waals surface area contributed by atoms with Crippen LogP contribution in [0.1, 0.15) is 31.7 Å². The van der Waals surface area contributed by atoms with Gasteiger partial charge in [0.15, 0.2) is 0 Å². The molecule has 1 saturated heterocycles. The molecule has 2 heterocycles. The molecule has 100 valence electrons. The molecule has 1 fully saturated rings. The van der Waals surface area contributed by atoms with Crippen molar-refractivity contribution in [3.8, 4) is 0 Å². The summed E-state index contributed by atoms with van der Waals surface area (Å²) in [6.07, 6.45) is 6.56. The lowest BCUT2D eigenvalue weighted by Gasteiger charge is -2.39. The monoisotopic (exact) mass is 249 g/mol. The summed E-state index contributed by atoms with van der Waals surface area (Å²) >= 11 is 0. The van der Waals surface area contributed by atoms with Gasteiger partial charge in [-0.2, -0.15) is 0 Å². The molecule has 0 radical (unpaired) electrons. The second kappa shape index (κ2) is 5.20. The molecular formula is C13H23N5. The van der Waals surface area contributed by atoms with Gasteiger partial charge in [0.25, 0.3) is 0 Å². The van der Waals surface area contributed by atoms with E-state index in [2.05, 4.69) is 21.8 Å². The molecular weight excluding hydrogens is 226 g/mol. The molecule has 1 aliphatic rings. The van der Waals surface area contributed by atoms with Crippen LogP contribution in [-0.4, -0.2) is 28.7 Å². The van der Waals surface area contributed by atoms with Crippen molar-refractivity contribution in [1.29, 1.82) is 0 Å². The van der Waals surface area contributed by atoms with E-state index in [0.29, 0.717) is 5.92 Å². The van der Waals surface area contributed by atoms with Gasteiger partial charge in [0.2, 0.25) is 5.95 Å². The van der Waals surface area contributed by atoms with E-state index in [4.69, 9.17) is 11.5 Å². The van der Waals surface area contributed by atoms with Gasteiger partial charge in [-0.05, 0) is 37.7 Å². The predicted molar refractivity (Wildman–Crippen MR) is 73.1 cm³/mol. The van der Waals surface area contributed by atoms with Crippen LogP contribution in [0, 0.1) is 12.8 Å². The summed E-state index contributed by atoms with van der Waals surface area (Å²) in [4.78, 5) is 10.9. The Bertz CT molecular complexity index is 379. The summed E-state index contributed by atoms with van der Waals surface area (Å²) in [6, 6.07) is 0. The average Bonchev–Trinajstić information content (AvgIpc) is 2.40. The lowest BCUT2D eigenvalue weighted by atomic mass is 9.84. The number of aryl methyl sites for hydroxylation is 1. The van der Waals surface area contributed by atoms with Gasteiger partial charge in [0.1, 0.15) is 0 Å². The van der Waals surface area contributed by atoms with E-state index in [1.807, 2.05) is 19.3 Å². The third-order valence-electron chi connectivity index (χ3n) is 3.92. The fraction of sp³-hybridized carbons (Fsp3) is 0.692. The first-order valence-electron chi connectivity index (χ1n) is 6.64. The van der Waals surface area contributed by atoms with Crippen molar-refractivity contribution in [2.45, 2.75) is 38.8 Å². The predicted octanol–water partition coefficient (Wildman–Crippen LogP) is 1.03. The molecule has 0 bridgehead atoms. The topological polar surface area (TPSA) is 81.1 Å². The summed E-state index contributed by atoms with van der Waals surface area (Å²) in [7, 11) is 0. The Balaban J connectivity index is 1.96. The molecule has 1 aromatic rings. The Morgan fingerprint density at radius 2 is 1.83 bits per heavy atom. The Morgan fingerprint density at radius 1 is 1.28 bits per heavy atom. The summed E-state index contributed by atoms with van der Waals surface area (Å²) < 4.78 is 0. The molecule has 1 aromatic heterocycles. The number of hydrogen-bond acceptors (Lipinski definition) is 5. The van der Waals surface area contributed by atoms with Gasteiger partial charge in [-0.3, -0.25) is 0 Å². The maximum atomic E-state index is 6.12. The smallest absolute Gasteiger partial charge is 0.225 e. The molecule has 18 heavy (non-hydrogen) atoms. The zero-order valence-corrected chi connectivity index (χ0v) is 11.3. The van der Waals surface area contributed by atoms with E-state index in [9.17, 15) is 0 Å². The van der Waals surface area contributed by atoms with Gasteiger partial charge in [0, 0.05) is 25.5 Å². The summed E-state index contributed by atoms with van der Waals surface area (Å²) in [5, 5.41) is 0. The zero-order chi connectivity index (χ0) is 13.2.